The lowest BCUT2D eigenvalue weighted by Gasteiger charge is -2.01. The third-order valence-corrected chi connectivity index (χ3v) is 1.02. The van der Waals surface area contributed by atoms with E-state index in [1.807, 2.05) is 0 Å². The van der Waals surface area contributed by atoms with Crippen LogP contribution in [0.4, 0.5) is 0 Å². The number of primary amides is 1. The molecule has 5 nitrogen and oxygen atoms in total. The van der Waals surface area contributed by atoms with Gasteiger partial charge in [0.2, 0.25) is 5.91 Å². The van der Waals surface area contributed by atoms with Crippen LogP contribution in [0.1, 0.15) is 12.8 Å². The van der Waals surface area contributed by atoms with Gasteiger partial charge in [-0.2, -0.15) is 0 Å². The molecule has 5 heteroatoms. The van der Waals surface area contributed by atoms with Gasteiger partial charge in [-0.25, -0.2) is 0 Å². The number of carbonyl (C=O) groups excluding carboxylic acids is 1. The molecule has 0 aliphatic carbocycles. The number of aliphatic carboxylic acids is 1. The molecular formula is C5H10N2O3. The molecule has 1 amide bonds. The monoisotopic (exact) mass is 148 g/mol. The van der Waals surface area contributed by atoms with E-state index in [4.69, 9.17) is 16.6 Å². The van der Waals surface area contributed by atoms with Gasteiger partial charge in [0.15, 0.2) is 0 Å². The van der Waals surface area contributed by atoms with Gasteiger partial charge in [0.1, 0.15) is 6.04 Å². The number of hydrogen-bond acceptors (Lipinski definition) is 3. The molecule has 0 aliphatic rings. The SMILES string of the molecule is NC(CC[13C]([15NH2])=O)C(=O)O. The first kappa shape index (κ1) is 8.90. The van der Waals surface area contributed by atoms with Crippen LogP contribution < -0.4 is 11.5 Å². The summed E-state index contributed by atoms with van der Waals surface area (Å²) in [5.74, 6) is -1.64. The number of carbonyl (C=O) groups is 2. The molecule has 5 N–H and O–H groups in total. The number of nitrogens with two attached hydrogens (primary N) is 2. The zero-order valence-electron chi connectivity index (χ0n) is 5.41. The zero-order chi connectivity index (χ0) is 8.15. The second-order valence-corrected chi connectivity index (χ2v) is 1.95. The summed E-state index contributed by atoms with van der Waals surface area (Å²) in [6.07, 6.45) is 0.123. The number of amides is 1. The smallest absolute Gasteiger partial charge is 0.320 e. The summed E-state index contributed by atoms with van der Waals surface area (Å²) in [5.41, 5.74) is 9.81. The van der Waals surface area contributed by atoms with Crippen molar-refractivity contribution >= 4 is 11.9 Å². The van der Waals surface area contributed by atoms with Gasteiger partial charge in [-0.15, -0.1) is 0 Å². The molecule has 0 bridgehead atoms. The molecule has 0 saturated heterocycles. The maximum Gasteiger partial charge on any atom is 0.320 e. The summed E-state index contributed by atoms with van der Waals surface area (Å²) in [6.45, 7) is 0. The standard InChI is InChI=1S/C5H10N2O3/c6-3(5(9)10)1-2-4(7)8/h3H,1-2,6H2,(H2,7,8)(H,9,10)/i4+1,7+1. The highest BCUT2D eigenvalue weighted by atomic mass is 16.4. The van der Waals surface area contributed by atoms with E-state index in [0.29, 0.717) is 0 Å². The fraction of sp³-hybridized carbons (Fsp3) is 0.600. The molecule has 0 aliphatic heterocycles. The molecule has 0 saturated carbocycles. The van der Waals surface area contributed by atoms with Crippen molar-refractivity contribution in [2.45, 2.75) is 18.9 Å². The van der Waals surface area contributed by atoms with Gasteiger partial charge >= 0.3 is 5.97 Å². The first-order valence-corrected chi connectivity index (χ1v) is 2.80. The van der Waals surface area contributed by atoms with Crippen molar-refractivity contribution in [1.82, 2.24) is 0 Å². The number of carboxylic acids is 1. The van der Waals surface area contributed by atoms with Crippen molar-refractivity contribution in [3.05, 3.63) is 0 Å². The number of rotatable bonds is 4. The quantitative estimate of drug-likeness (QED) is 0.339. The van der Waals surface area contributed by atoms with Crippen molar-refractivity contribution in [2.75, 3.05) is 0 Å². The first-order valence-electron chi connectivity index (χ1n) is 2.80. The van der Waals surface area contributed by atoms with Gasteiger partial charge in [-0.3, -0.25) is 9.59 Å². The maximum absolute atomic E-state index is 10.1. The summed E-state index contributed by atoms with van der Waals surface area (Å²) in [4.78, 5) is 20.1. The summed E-state index contributed by atoms with van der Waals surface area (Å²) in [7, 11) is 0. The molecular weight excluding hydrogens is 138 g/mol. The average molecular weight is 148 g/mol. The highest BCUT2D eigenvalue weighted by molar-refractivity contribution is 5.76. The predicted octanol–water partition coefficient (Wildman–Crippen LogP) is -1.34. The van der Waals surface area contributed by atoms with Gasteiger partial charge < -0.3 is 16.6 Å². The molecule has 1 unspecified atom stereocenters. The lowest BCUT2D eigenvalue weighted by molar-refractivity contribution is -0.138. The average Bonchev–Trinajstić information content (AvgIpc) is 1.82. The molecule has 0 radical (unpaired) electrons. The van der Waals surface area contributed by atoms with Crippen LogP contribution >= 0.6 is 0 Å². The molecule has 0 aromatic rings. The van der Waals surface area contributed by atoms with Crippen molar-refractivity contribution in [3.63, 3.8) is 0 Å². The zero-order valence-corrected chi connectivity index (χ0v) is 5.41. The minimum Gasteiger partial charge on any atom is -0.480 e. The predicted molar refractivity (Wildman–Crippen MR) is 34.0 cm³/mol. The Morgan fingerprint density at radius 1 is 1.50 bits per heavy atom. The Hall–Kier alpha value is -1.10. The van der Waals surface area contributed by atoms with E-state index in [0.717, 1.165) is 0 Å². The fourth-order valence-corrected chi connectivity index (χ4v) is 0.421. The third kappa shape index (κ3) is 3.85. The lowest BCUT2D eigenvalue weighted by Crippen LogP contribution is -2.31. The summed E-state index contributed by atoms with van der Waals surface area (Å²) < 4.78 is 0. The Balaban J connectivity index is 3.49. The second-order valence-electron chi connectivity index (χ2n) is 1.95. The van der Waals surface area contributed by atoms with Crippen molar-refractivity contribution in [2.24, 2.45) is 11.5 Å². The van der Waals surface area contributed by atoms with Crippen molar-refractivity contribution in [3.8, 4) is 0 Å². The highest BCUT2D eigenvalue weighted by Crippen LogP contribution is 1.92. The fourth-order valence-electron chi connectivity index (χ4n) is 0.421. The van der Waals surface area contributed by atoms with Crippen LogP contribution in [-0.2, 0) is 9.59 Å². The second kappa shape index (κ2) is 3.84. The Labute approximate surface area is 58.0 Å². The van der Waals surface area contributed by atoms with Crippen LogP contribution in [0, 0.1) is 0 Å². The normalized spacial score (nSPS) is 12.5. The van der Waals surface area contributed by atoms with Crippen molar-refractivity contribution < 1.29 is 14.7 Å². The Bertz CT molecular complexity index is 146. The van der Waals surface area contributed by atoms with Gasteiger partial charge in [0.05, 0.1) is 0 Å². The molecule has 0 aromatic heterocycles. The number of hydrogen-bond donors (Lipinski definition) is 3. The van der Waals surface area contributed by atoms with Crippen LogP contribution in [0.15, 0.2) is 0 Å². The maximum atomic E-state index is 10.1. The minimum absolute atomic E-state index is 0.0213. The van der Waals surface area contributed by atoms with E-state index in [1.165, 1.54) is 0 Å². The summed E-state index contributed by atoms with van der Waals surface area (Å²) >= 11 is 0. The van der Waals surface area contributed by atoms with Crippen LogP contribution in [0.5, 0.6) is 0 Å². The molecule has 0 fully saturated rings. The summed E-state index contributed by atoms with van der Waals surface area (Å²) in [5, 5.41) is 8.22. The Morgan fingerprint density at radius 2 is 2.00 bits per heavy atom. The van der Waals surface area contributed by atoms with Crippen molar-refractivity contribution in [1.29, 1.82) is 0 Å². The van der Waals surface area contributed by atoms with E-state index >= 15 is 0 Å². The van der Waals surface area contributed by atoms with Gasteiger partial charge in [-0.05, 0) is 6.42 Å². The topological polar surface area (TPSA) is 106 Å². The van der Waals surface area contributed by atoms with Gasteiger partial charge in [-0.1, -0.05) is 0 Å². The van der Waals surface area contributed by atoms with E-state index in [1.54, 1.807) is 0 Å². The van der Waals surface area contributed by atoms with Gasteiger partial charge in [0, 0.05) is 6.42 Å². The largest absolute Gasteiger partial charge is 0.480 e. The van der Waals surface area contributed by atoms with Crippen LogP contribution in [-0.4, -0.2) is 23.0 Å². The van der Waals surface area contributed by atoms with E-state index in [9.17, 15) is 9.59 Å². The van der Waals surface area contributed by atoms with Gasteiger partial charge in [0.25, 0.3) is 0 Å². The third-order valence-electron chi connectivity index (χ3n) is 1.02. The molecule has 0 heterocycles. The van der Waals surface area contributed by atoms with E-state index < -0.39 is 17.9 Å². The van der Waals surface area contributed by atoms with E-state index in [-0.39, 0.29) is 12.8 Å². The molecule has 10 heavy (non-hydrogen) atoms. The lowest BCUT2D eigenvalue weighted by atomic mass is 10.2. The summed E-state index contributed by atoms with van der Waals surface area (Å²) in [6, 6.07) is -0.979. The first-order chi connectivity index (χ1) is 4.54. The molecule has 0 aromatic carbocycles. The molecule has 0 rings (SSSR count). The Morgan fingerprint density at radius 3 is 2.30 bits per heavy atom. The van der Waals surface area contributed by atoms with E-state index in [2.05, 4.69) is 0 Å². The van der Waals surface area contributed by atoms with Crippen LogP contribution in [0.3, 0.4) is 0 Å². The Kier molecular flexibility index (Phi) is 3.42. The minimum atomic E-state index is -1.11. The molecule has 1 atom stereocenters. The van der Waals surface area contributed by atoms with Crippen LogP contribution in [0.2, 0.25) is 0 Å². The molecule has 0 spiro atoms. The number of carboxylic acid groups (broad SMARTS) is 1. The highest BCUT2D eigenvalue weighted by Gasteiger charge is 2.11. The van der Waals surface area contributed by atoms with Crippen LogP contribution in [0.25, 0.3) is 0 Å². The molecule has 58 valence electrons.